The number of amides is 2. The Balaban J connectivity index is 1.75. The van der Waals surface area contributed by atoms with Gasteiger partial charge in [0.1, 0.15) is 0 Å². The maximum atomic E-state index is 12.8. The van der Waals surface area contributed by atoms with Crippen molar-refractivity contribution in [2.45, 2.75) is 38.5 Å². The van der Waals surface area contributed by atoms with Gasteiger partial charge in [-0.15, -0.1) is 16.8 Å². The van der Waals surface area contributed by atoms with Crippen LogP contribution in [0.15, 0.2) is 72.4 Å². The molecular weight excluding hydrogens is 434 g/mol. The Kier molecular flexibility index (Phi) is 8.43. The van der Waals surface area contributed by atoms with Gasteiger partial charge in [0.05, 0.1) is 11.8 Å². The second-order valence-electron chi connectivity index (χ2n) is 7.95. The van der Waals surface area contributed by atoms with Crippen LogP contribution >= 0.6 is 11.8 Å². The molecule has 2 N–H and O–H groups in total. The highest BCUT2D eigenvalue weighted by Crippen LogP contribution is 2.26. The maximum absolute atomic E-state index is 12.8. The van der Waals surface area contributed by atoms with Crippen molar-refractivity contribution in [2.75, 3.05) is 11.1 Å². The molecule has 33 heavy (non-hydrogen) atoms. The van der Waals surface area contributed by atoms with E-state index in [1.165, 1.54) is 11.8 Å². The second-order valence-corrected chi connectivity index (χ2v) is 8.90. The molecule has 172 valence electrons. The molecule has 0 spiro atoms. The summed E-state index contributed by atoms with van der Waals surface area (Å²) >= 11 is 1.30. The first-order chi connectivity index (χ1) is 15.9. The Morgan fingerprint density at radius 1 is 1.09 bits per heavy atom. The van der Waals surface area contributed by atoms with Gasteiger partial charge in [-0.05, 0) is 36.6 Å². The molecular formula is C25H29N5O2S. The molecule has 7 nitrogen and oxygen atoms in total. The fourth-order valence-electron chi connectivity index (χ4n) is 3.31. The third-order valence-electron chi connectivity index (χ3n) is 5.08. The zero-order chi connectivity index (χ0) is 23.8. The van der Waals surface area contributed by atoms with Gasteiger partial charge in [0.15, 0.2) is 11.0 Å². The van der Waals surface area contributed by atoms with E-state index in [1.54, 1.807) is 18.2 Å². The Labute approximate surface area is 198 Å². The summed E-state index contributed by atoms with van der Waals surface area (Å²) in [5, 5.41) is 15.3. The number of carbonyl (C=O) groups is 2. The molecule has 3 rings (SSSR count). The first-order valence-corrected chi connectivity index (χ1v) is 11.8. The molecule has 1 heterocycles. The number of hydrogen-bond donors (Lipinski definition) is 2. The largest absolute Gasteiger partial charge is 0.342 e. The molecule has 0 aliphatic heterocycles. The molecule has 0 saturated heterocycles. The number of carbonyl (C=O) groups excluding carboxylic acids is 2. The molecule has 1 aromatic heterocycles. The summed E-state index contributed by atoms with van der Waals surface area (Å²) in [5.41, 5.74) is 2.38. The smallest absolute Gasteiger partial charge is 0.251 e. The molecule has 0 fully saturated rings. The lowest BCUT2D eigenvalue weighted by molar-refractivity contribution is -0.113. The number of benzene rings is 2. The van der Waals surface area contributed by atoms with Crippen LogP contribution < -0.4 is 10.6 Å². The molecule has 0 aliphatic carbocycles. The Morgan fingerprint density at radius 2 is 1.79 bits per heavy atom. The number of allylic oxidation sites excluding steroid dienone is 1. The number of para-hydroxylation sites is 1. The monoisotopic (exact) mass is 463 g/mol. The summed E-state index contributed by atoms with van der Waals surface area (Å²) < 4.78 is 1.90. The minimum absolute atomic E-state index is 0.0765. The van der Waals surface area contributed by atoms with E-state index in [-0.39, 0.29) is 29.5 Å². The van der Waals surface area contributed by atoms with Crippen LogP contribution in [0.2, 0.25) is 0 Å². The van der Waals surface area contributed by atoms with E-state index in [0.29, 0.717) is 23.1 Å². The predicted molar refractivity (Wildman–Crippen MR) is 132 cm³/mol. The van der Waals surface area contributed by atoms with Gasteiger partial charge in [0.2, 0.25) is 5.91 Å². The van der Waals surface area contributed by atoms with Crippen LogP contribution in [0.5, 0.6) is 0 Å². The Bertz CT molecular complexity index is 1110. The van der Waals surface area contributed by atoms with E-state index in [1.807, 2.05) is 67.8 Å². The van der Waals surface area contributed by atoms with E-state index in [2.05, 4.69) is 27.4 Å². The summed E-state index contributed by atoms with van der Waals surface area (Å²) in [4.78, 5) is 25.3. The van der Waals surface area contributed by atoms with E-state index >= 15 is 0 Å². The average Bonchev–Trinajstić information content (AvgIpc) is 3.20. The third-order valence-corrected chi connectivity index (χ3v) is 6.04. The molecule has 0 radical (unpaired) electrons. The molecule has 0 saturated carbocycles. The van der Waals surface area contributed by atoms with Gasteiger partial charge in [-0.25, -0.2) is 0 Å². The number of thioether (sulfide) groups is 1. The van der Waals surface area contributed by atoms with Crippen molar-refractivity contribution in [3.8, 4) is 0 Å². The van der Waals surface area contributed by atoms with Crippen LogP contribution in [0, 0.1) is 12.8 Å². The first kappa shape index (κ1) is 24.3. The predicted octanol–water partition coefficient (Wildman–Crippen LogP) is 4.63. The van der Waals surface area contributed by atoms with Gasteiger partial charge in [-0.3, -0.25) is 9.59 Å². The van der Waals surface area contributed by atoms with Crippen molar-refractivity contribution >= 4 is 29.3 Å². The van der Waals surface area contributed by atoms with Crippen LogP contribution in [0.25, 0.3) is 0 Å². The molecule has 8 heteroatoms. The number of aryl methyl sites for hydroxylation is 1. The average molecular weight is 464 g/mol. The van der Waals surface area contributed by atoms with Gasteiger partial charge in [0.25, 0.3) is 5.91 Å². The van der Waals surface area contributed by atoms with Crippen molar-refractivity contribution in [3.63, 3.8) is 0 Å². The van der Waals surface area contributed by atoms with Crippen LogP contribution in [-0.4, -0.2) is 32.3 Å². The van der Waals surface area contributed by atoms with Crippen LogP contribution in [0.4, 0.5) is 5.69 Å². The minimum atomic E-state index is -0.347. The normalized spacial score (nSPS) is 11.8. The van der Waals surface area contributed by atoms with Gasteiger partial charge in [-0.1, -0.05) is 68.1 Å². The second kappa shape index (κ2) is 11.5. The van der Waals surface area contributed by atoms with Crippen molar-refractivity contribution in [1.82, 2.24) is 20.1 Å². The lowest BCUT2D eigenvalue weighted by Crippen LogP contribution is -2.33. The summed E-state index contributed by atoms with van der Waals surface area (Å²) in [6, 6.07) is 16.4. The summed E-state index contributed by atoms with van der Waals surface area (Å²) in [6.45, 7) is 10.3. The lowest BCUT2D eigenvalue weighted by atomic mass is 10.0. The highest BCUT2D eigenvalue weighted by molar-refractivity contribution is 7.99. The minimum Gasteiger partial charge on any atom is -0.342 e. The van der Waals surface area contributed by atoms with Crippen LogP contribution in [0.3, 0.4) is 0 Å². The number of nitrogens with zero attached hydrogens (tertiary/aromatic N) is 3. The standard InChI is InChI=1S/C25H29N5O2S/c1-5-15-30-23(22(17(2)3)27-24(32)19-12-7-6-8-13-19)28-29-25(30)33-16-21(31)26-20-14-10-9-11-18(20)4/h5-14,17,22H,1,15-16H2,2-4H3,(H,26,31)(H,27,32)/t22-/m1/s1. The summed E-state index contributed by atoms with van der Waals surface area (Å²) in [7, 11) is 0. The Morgan fingerprint density at radius 3 is 2.45 bits per heavy atom. The van der Waals surface area contributed by atoms with Crippen molar-refractivity contribution in [1.29, 1.82) is 0 Å². The third kappa shape index (κ3) is 6.32. The van der Waals surface area contributed by atoms with Crippen molar-refractivity contribution in [2.24, 2.45) is 5.92 Å². The number of anilines is 1. The highest BCUT2D eigenvalue weighted by atomic mass is 32.2. The van der Waals surface area contributed by atoms with Crippen molar-refractivity contribution in [3.05, 3.63) is 84.2 Å². The quantitative estimate of drug-likeness (QED) is 0.338. The maximum Gasteiger partial charge on any atom is 0.251 e. The molecule has 2 aromatic carbocycles. The highest BCUT2D eigenvalue weighted by Gasteiger charge is 2.26. The molecule has 2 amide bonds. The zero-order valence-electron chi connectivity index (χ0n) is 19.1. The van der Waals surface area contributed by atoms with Crippen LogP contribution in [-0.2, 0) is 11.3 Å². The summed E-state index contributed by atoms with van der Waals surface area (Å²) in [6.07, 6.45) is 1.75. The fourth-order valence-corrected chi connectivity index (χ4v) is 4.07. The van der Waals surface area contributed by atoms with Gasteiger partial charge >= 0.3 is 0 Å². The van der Waals surface area contributed by atoms with Gasteiger partial charge in [-0.2, -0.15) is 0 Å². The lowest BCUT2D eigenvalue weighted by Gasteiger charge is -2.22. The fraction of sp³-hybridized carbons (Fsp3) is 0.280. The number of aromatic nitrogens is 3. The molecule has 0 unspecified atom stereocenters. The van der Waals surface area contributed by atoms with E-state index in [9.17, 15) is 9.59 Å². The van der Waals surface area contributed by atoms with E-state index in [4.69, 9.17) is 0 Å². The zero-order valence-corrected chi connectivity index (χ0v) is 19.9. The van der Waals surface area contributed by atoms with Crippen molar-refractivity contribution < 1.29 is 9.59 Å². The van der Waals surface area contributed by atoms with Gasteiger partial charge < -0.3 is 15.2 Å². The van der Waals surface area contributed by atoms with Crippen LogP contribution in [0.1, 0.15) is 41.6 Å². The first-order valence-electron chi connectivity index (χ1n) is 10.8. The topological polar surface area (TPSA) is 88.9 Å². The Hall–Kier alpha value is -3.39. The molecule has 0 bridgehead atoms. The number of nitrogens with one attached hydrogen (secondary N) is 2. The SMILES string of the molecule is C=CCn1c(SCC(=O)Nc2ccccc2C)nnc1[C@H](NC(=O)c1ccccc1)C(C)C. The van der Waals surface area contributed by atoms with E-state index in [0.717, 1.165) is 11.3 Å². The molecule has 3 aromatic rings. The molecule has 1 atom stereocenters. The van der Waals surface area contributed by atoms with Gasteiger partial charge in [0, 0.05) is 17.8 Å². The number of rotatable bonds is 10. The van der Waals surface area contributed by atoms with E-state index < -0.39 is 0 Å². The molecule has 0 aliphatic rings. The number of hydrogen-bond acceptors (Lipinski definition) is 5. The summed E-state index contributed by atoms with van der Waals surface area (Å²) in [5.74, 6) is 0.603.